The van der Waals surface area contributed by atoms with E-state index in [1.165, 1.54) is 47.9 Å². The van der Waals surface area contributed by atoms with Crippen LogP contribution in [0.3, 0.4) is 0 Å². The Bertz CT molecular complexity index is 1020. The zero-order valence-corrected chi connectivity index (χ0v) is 17.6. The maximum Gasteiger partial charge on any atom is 0.119 e. The third-order valence-corrected chi connectivity index (χ3v) is 6.10. The van der Waals surface area contributed by atoms with Crippen molar-refractivity contribution in [2.75, 3.05) is 11.5 Å². The molecule has 0 aliphatic heterocycles. The number of ether oxygens (including phenoxy) is 1. The maximum atomic E-state index is 5.99. The summed E-state index contributed by atoms with van der Waals surface area (Å²) in [7, 11) is 0. The van der Waals surface area contributed by atoms with Crippen molar-refractivity contribution >= 4 is 16.9 Å². The second-order valence-corrected chi connectivity index (χ2v) is 8.13. The lowest BCUT2D eigenvalue weighted by Gasteiger charge is -2.20. The van der Waals surface area contributed by atoms with Gasteiger partial charge in [-0.3, -0.25) is 0 Å². The van der Waals surface area contributed by atoms with Crippen molar-refractivity contribution in [2.24, 2.45) is 5.92 Å². The second-order valence-electron chi connectivity index (χ2n) is 8.13. The normalized spacial score (nSPS) is 16.2. The molecule has 0 heterocycles. The average Bonchev–Trinajstić information content (AvgIpc) is 2.80. The van der Waals surface area contributed by atoms with Crippen molar-refractivity contribution in [2.45, 2.75) is 39.2 Å². The number of benzene rings is 3. The largest absolute Gasteiger partial charge is 0.489 e. The topological polar surface area (TPSA) is 61.3 Å². The fraction of sp³-hybridized carbons (Fsp3) is 0.259. The molecule has 154 valence electrons. The Morgan fingerprint density at radius 1 is 0.867 bits per heavy atom. The fourth-order valence-corrected chi connectivity index (χ4v) is 4.05. The van der Waals surface area contributed by atoms with E-state index in [0.717, 1.165) is 17.2 Å². The van der Waals surface area contributed by atoms with Crippen LogP contribution < -0.4 is 16.2 Å². The molecule has 0 spiro atoms. The van der Waals surface area contributed by atoms with Crippen molar-refractivity contribution < 1.29 is 4.74 Å². The number of rotatable bonds is 6. The minimum Gasteiger partial charge on any atom is -0.489 e. The van der Waals surface area contributed by atoms with Gasteiger partial charge in [-0.05, 0) is 77.8 Å². The van der Waals surface area contributed by atoms with Crippen LogP contribution in [0.15, 0.2) is 72.8 Å². The van der Waals surface area contributed by atoms with Crippen LogP contribution in [-0.4, -0.2) is 0 Å². The van der Waals surface area contributed by atoms with Gasteiger partial charge in [0.25, 0.3) is 0 Å². The first-order chi connectivity index (χ1) is 14.6. The summed E-state index contributed by atoms with van der Waals surface area (Å²) in [5.74, 6) is 1.68. The smallest absolute Gasteiger partial charge is 0.119 e. The highest BCUT2D eigenvalue weighted by Crippen LogP contribution is 2.33. The first-order valence-electron chi connectivity index (χ1n) is 10.8. The summed E-state index contributed by atoms with van der Waals surface area (Å²) in [4.78, 5) is 0. The van der Waals surface area contributed by atoms with Crippen molar-refractivity contribution in [1.82, 2.24) is 0 Å². The van der Waals surface area contributed by atoms with E-state index >= 15 is 0 Å². The van der Waals surface area contributed by atoms with Gasteiger partial charge in [-0.15, -0.1) is 0 Å². The Labute approximate surface area is 179 Å². The minimum atomic E-state index is 0.402. The highest BCUT2D eigenvalue weighted by atomic mass is 16.5. The zero-order chi connectivity index (χ0) is 20.9. The molecule has 1 atom stereocenters. The molecule has 30 heavy (non-hydrogen) atoms. The molecule has 1 aliphatic rings. The van der Waals surface area contributed by atoms with Crippen LogP contribution in [0.1, 0.15) is 43.7 Å². The summed E-state index contributed by atoms with van der Waals surface area (Å²) in [5.41, 5.74) is 19.4. The van der Waals surface area contributed by atoms with Crippen LogP contribution in [0.5, 0.6) is 5.75 Å². The standard InChI is InChI=1S/C27H30N2O/c1-2-19-3-5-20(6-4-19)21-7-9-22(10-8-21)23-11-14-26(15-12-23)30-18-24-17-25(28)13-16-27(24)29/h5,7-17,19H,2-4,6,18,28-29H2,1H3. The van der Waals surface area contributed by atoms with E-state index < -0.39 is 0 Å². The van der Waals surface area contributed by atoms with E-state index in [2.05, 4.69) is 49.4 Å². The zero-order valence-electron chi connectivity index (χ0n) is 17.6. The van der Waals surface area contributed by atoms with Gasteiger partial charge in [0.1, 0.15) is 12.4 Å². The molecule has 0 fully saturated rings. The predicted octanol–water partition coefficient (Wildman–Crippen LogP) is 6.69. The predicted molar refractivity (Wildman–Crippen MR) is 127 cm³/mol. The Morgan fingerprint density at radius 2 is 1.53 bits per heavy atom. The molecule has 0 aromatic heterocycles. The van der Waals surface area contributed by atoms with Gasteiger partial charge < -0.3 is 16.2 Å². The van der Waals surface area contributed by atoms with Crippen molar-refractivity contribution in [3.63, 3.8) is 0 Å². The third-order valence-electron chi connectivity index (χ3n) is 6.10. The Kier molecular flexibility index (Phi) is 6.08. The van der Waals surface area contributed by atoms with Crippen LogP contribution in [-0.2, 0) is 6.61 Å². The van der Waals surface area contributed by atoms with E-state index in [9.17, 15) is 0 Å². The summed E-state index contributed by atoms with van der Waals surface area (Å²) in [6.45, 7) is 2.69. The number of allylic oxidation sites excluding steroid dienone is 2. The van der Waals surface area contributed by atoms with Gasteiger partial charge in [0.15, 0.2) is 0 Å². The molecule has 0 amide bonds. The quantitative estimate of drug-likeness (QED) is 0.455. The second kappa shape index (κ2) is 9.08. The molecule has 3 nitrogen and oxygen atoms in total. The van der Waals surface area contributed by atoms with Crippen molar-refractivity contribution in [3.8, 4) is 16.9 Å². The molecule has 0 saturated carbocycles. The van der Waals surface area contributed by atoms with Gasteiger partial charge in [0, 0.05) is 16.9 Å². The lowest BCUT2D eigenvalue weighted by atomic mass is 9.85. The van der Waals surface area contributed by atoms with Gasteiger partial charge in [0.2, 0.25) is 0 Å². The lowest BCUT2D eigenvalue weighted by Crippen LogP contribution is -2.03. The molecule has 4 N–H and O–H groups in total. The number of anilines is 2. The lowest BCUT2D eigenvalue weighted by molar-refractivity contribution is 0.307. The number of nitrogens with two attached hydrogens (primary N) is 2. The molecule has 1 unspecified atom stereocenters. The highest BCUT2D eigenvalue weighted by Gasteiger charge is 2.13. The van der Waals surface area contributed by atoms with E-state index in [4.69, 9.17) is 16.2 Å². The first-order valence-corrected chi connectivity index (χ1v) is 10.8. The first kappa shape index (κ1) is 20.1. The van der Waals surface area contributed by atoms with E-state index in [1.807, 2.05) is 24.3 Å². The number of hydrogen-bond donors (Lipinski definition) is 2. The van der Waals surface area contributed by atoms with Gasteiger partial charge >= 0.3 is 0 Å². The van der Waals surface area contributed by atoms with Gasteiger partial charge in [-0.25, -0.2) is 0 Å². The summed E-state index contributed by atoms with van der Waals surface area (Å²) < 4.78 is 5.89. The average molecular weight is 399 g/mol. The minimum absolute atomic E-state index is 0.402. The summed E-state index contributed by atoms with van der Waals surface area (Å²) in [6, 6.07) is 22.6. The Morgan fingerprint density at radius 3 is 2.17 bits per heavy atom. The Balaban J connectivity index is 1.40. The van der Waals surface area contributed by atoms with Gasteiger partial charge in [0.05, 0.1) is 0 Å². The van der Waals surface area contributed by atoms with E-state index in [-0.39, 0.29) is 0 Å². The maximum absolute atomic E-state index is 5.99. The van der Waals surface area contributed by atoms with Crippen LogP contribution in [0.4, 0.5) is 11.4 Å². The Hall–Kier alpha value is -3.20. The van der Waals surface area contributed by atoms with Gasteiger partial charge in [-0.2, -0.15) is 0 Å². The van der Waals surface area contributed by atoms with Crippen LogP contribution in [0, 0.1) is 5.92 Å². The molecule has 3 aromatic rings. The van der Waals surface area contributed by atoms with Crippen molar-refractivity contribution in [1.29, 1.82) is 0 Å². The van der Waals surface area contributed by atoms with Gasteiger partial charge in [-0.1, -0.05) is 55.8 Å². The highest BCUT2D eigenvalue weighted by molar-refractivity contribution is 5.71. The summed E-state index contributed by atoms with van der Waals surface area (Å²) in [6.07, 6.45) is 7.45. The number of nitrogen functional groups attached to an aromatic ring is 2. The number of hydrogen-bond acceptors (Lipinski definition) is 3. The summed E-state index contributed by atoms with van der Waals surface area (Å²) >= 11 is 0. The molecular weight excluding hydrogens is 368 g/mol. The monoisotopic (exact) mass is 398 g/mol. The molecule has 3 aromatic carbocycles. The molecule has 4 rings (SSSR count). The molecular formula is C27H30N2O. The molecule has 1 aliphatic carbocycles. The van der Waals surface area contributed by atoms with Crippen LogP contribution >= 0.6 is 0 Å². The van der Waals surface area contributed by atoms with E-state index in [1.54, 1.807) is 6.07 Å². The van der Waals surface area contributed by atoms with Crippen LogP contribution in [0.2, 0.25) is 0 Å². The van der Waals surface area contributed by atoms with Crippen molar-refractivity contribution in [3.05, 3.63) is 83.9 Å². The molecule has 0 saturated heterocycles. The fourth-order valence-electron chi connectivity index (χ4n) is 4.05. The third kappa shape index (κ3) is 4.68. The molecule has 0 radical (unpaired) electrons. The summed E-state index contributed by atoms with van der Waals surface area (Å²) in [5, 5.41) is 0. The van der Waals surface area contributed by atoms with Crippen LogP contribution in [0.25, 0.3) is 16.7 Å². The van der Waals surface area contributed by atoms with E-state index in [0.29, 0.717) is 18.0 Å². The molecule has 3 heteroatoms. The molecule has 0 bridgehead atoms. The SMILES string of the molecule is CCC1CC=C(c2ccc(-c3ccc(OCc4cc(N)ccc4N)cc3)cc2)CC1.